The Hall–Kier alpha value is -0.700. The summed E-state index contributed by atoms with van der Waals surface area (Å²) in [5.41, 5.74) is 0.876. The van der Waals surface area contributed by atoms with Gasteiger partial charge in [0.2, 0.25) is 0 Å². The van der Waals surface area contributed by atoms with Gasteiger partial charge in [-0.2, -0.15) is 0 Å². The number of benzene rings is 1. The average Bonchev–Trinajstić information content (AvgIpc) is 2.70. The average molecular weight is 276 g/mol. The molecule has 0 aliphatic carbocycles. The number of aromatic nitrogens is 2. The molecule has 1 heterocycles. The van der Waals surface area contributed by atoms with Crippen molar-refractivity contribution >= 4 is 34.8 Å². The Morgan fingerprint density at radius 1 is 1.31 bits per heavy atom. The van der Waals surface area contributed by atoms with Crippen LogP contribution >= 0.6 is 34.8 Å². The lowest BCUT2D eigenvalue weighted by molar-refractivity contribution is 0.677. The number of nitrogens with zero attached hydrogens (tertiary/aromatic N) is 2. The molecule has 0 aliphatic heterocycles. The highest BCUT2D eigenvalue weighted by atomic mass is 35.5. The number of alkyl halides is 1. The van der Waals surface area contributed by atoms with Crippen molar-refractivity contribution in [3.63, 3.8) is 0 Å². The van der Waals surface area contributed by atoms with Crippen LogP contribution in [0.15, 0.2) is 36.9 Å². The van der Waals surface area contributed by atoms with Crippen LogP contribution in [0.3, 0.4) is 0 Å². The van der Waals surface area contributed by atoms with Gasteiger partial charge in [0.25, 0.3) is 0 Å². The fraction of sp³-hybridized carbons (Fsp3) is 0.182. The Bertz CT molecular complexity index is 468. The van der Waals surface area contributed by atoms with E-state index in [0.717, 1.165) is 5.56 Å². The van der Waals surface area contributed by atoms with Crippen LogP contribution in [0.25, 0.3) is 0 Å². The fourth-order valence-electron chi connectivity index (χ4n) is 1.43. The molecule has 0 aliphatic rings. The lowest BCUT2D eigenvalue weighted by atomic mass is 10.1. The molecular formula is C11H9Cl3N2. The topological polar surface area (TPSA) is 17.8 Å². The normalized spacial score (nSPS) is 12.7. The molecule has 0 amide bonds. The van der Waals surface area contributed by atoms with Gasteiger partial charge in [-0.1, -0.05) is 29.3 Å². The molecule has 1 aromatic carbocycles. The molecule has 2 nitrogen and oxygen atoms in total. The second kappa shape index (κ2) is 5.09. The van der Waals surface area contributed by atoms with Crippen molar-refractivity contribution in [1.82, 2.24) is 9.55 Å². The quantitative estimate of drug-likeness (QED) is 0.769. The van der Waals surface area contributed by atoms with E-state index in [1.807, 2.05) is 16.8 Å². The number of halogens is 3. The molecule has 1 aromatic heterocycles. The minimum absolute atomic E-state index is 0.195. The molecule has 2 aromatic rings. The second-order valence-corrected chi connectivity index (χ2v) is 4.76. The van der Waals surface area contributed by atoms with E-state index in [1.54, 1.807) is 24.7 Å². The summed E-state index contributed by atoms with van der Waals surface area (Å²) < 4.78 is 1.91. The van der Waals surface area contributed by atoms with Crippen LogP contribution in [0.4, 0.5) is 0 Å². The predicted molar refractivity (Wildman–Crippen MR) is 67.3 cm³/mol. The van der Waals surface area contributed by atoms with E-state index in [0.29, 0.717) is 16.6 Å². The highest BCUT2D eigenvalue weighted by molar-refractivity contribution is 6.35. The third-order valence-corrected chi connectivity index (χ3v) is 3.17. The van der Waals surface area contributed by atoms with Crippen molar-refractivity contribution < 1.29 is 0 Å². The van der Waals surface area contributed by atoms with E-state index in [9.17, 15) is 0 Å². The first-order valence-corrected chi connectivity index (χ1v) is 5.91. The van der Waals surface area contributed by atoms with E-state index in [4.69, 9.17) is 34.8 Å². The standard InChI is InChI=1S/C11H9Cl3N2/c12-8-1-2-9(10(13)5-8)11(14)6-16-4-3-15-7-16/h1-5,7,11H,6H2. The molecule has 84 valence electrons. The van der Waals surface area contributed by atoms with Crippen LogP contribution in [-0.4, -0.2) is 9.55 Å². The molecule has 1 unspecified atom stereocenters. The van der Waals surface area contributed by atoms with E-state index in [1.165, 1.54) is 0 Å². The van der Waals surface area contributed by atoms with Gasteiger partial charge in [0.05, 0.1) is 11.7 Å². The van der Waals surface area contributed by atoms with Crippen molar-refractivity contribution in [2.75, 3.05) is 0 Å². The zero-order valence-corrected chi connectivity index (χ0v) is 10.5. The Morgan fingerprint density at radius 2 is 2.12 bits per heavy atom. The van der Waals surface area contributed by atoms with E-state index in [2.05, 4.69) is 4.98 Å². The number of imidazole rings is 1. The Kier molecular flexibility index (Phi) is 3.74. The van der Waals surface area contributed by atoms with Gasteiger partial charge >= 0.3 is 0 Å². The fourth-order valence-corrected chi connectivity index (χ4v) is 2.38. The van der Waals surface area contributed by atoms with E-state index >= 15 is 0 Å². The zero-order chi connectivity index (χ0) is 11.5. The van der Waals surface area contributed by atoms with Crippen molar-refractivity contribution in [3.05, 3.63) is 52.5 Å². The van der Waals surface area contributed by atoms with Crippen molar-refractivity contribution in [2.45, 2.75) is 11.9 Å². The zero-order valence-electron chi connectivity index (χ0n) is 8.28. The van der Waals surface area contributed by atoms with Crippen molar-refractivity contribution in [1.29, 1.82) is 0 Å². The third-order valence-electron chi connectivity index (χ3n) is 2.23. The highest BCUT2D eigenvalue weighted by Gasteiger charge is 2.12. The molecular weight excluding hydrogens is 266 g/mol. The molecule has 0 spiro atoms. The van der Waals surface area contributed by atoms with Crippen LogP contribution in [-0.2, 0) is 6.54 Å². The molecule has 0 saturated heterocycles. The summed E-state index contributed by atoms with van der Waals surface area (Å²) in [5, 5.41) is 1.01. The van der Waals surface area contributed by atoms with Crippen LogP contribution in [0.2, 0.25) is 10.0 Å². The maximum Gasteiger partial charge on any atom is 0.0946 e. The van der Waals surface area contributed by atoms with Gasteiger partial charge in [-0.25, -0.2) is 4.98 Å². The number of hydrogen-bond acceptors (Lipinski definition) is 1. The predicted octanol–water partition coefficient (Wildman–Crippen LogP) is 4.17. The molecule has 5 heteroatoms. The van der Waals surface area contributed by atoms with E-state index < -0.39 is 0 Å². The first-order valence-electron chi connectivity index (χ1n) is 4.71. The Labute approximate surface area is 109 Å². The molecule has 0 bridgehead atoms. The largest absolute Gasteiger partial charge is 0.336 e. The molecule has 0 fully saturated rings. The monoisotopic (exact) mass is 274 g/mol. The van der Waals surface area contributed by atoms with Gasteiger partial charge in [-0.3, -0.25) is 0 Å². The number of hydrogen-bond donors (Lipinski definition) is 0. The van der Waals surface area contributed by atoms with E-state index in [-0.39, 0.29) is 5.38 Å². The molecule has 2 rings (SSSR count). The van der Waals surface area contributed by atoms with Gasteiger partial charge < -0.3 is 4.57 Å². The van der Waals surface area contributed by atoms with Crippen LogP contribution in [0.1, 0.15) is 10.9 Å². The lowest BCUT2D eigenvalue weighted by Gasteiger charge is -2.12. The Morgan fingerprint density at radius 3 is 2.75 bits per heavy atom. The van der Waals surface area contributed by atoms with Crippen LogP contribution in [0.5, 0.6) is 0 Å². The smallest absolute Gasteiger partial charge is 0.0946 e. The summed E-state index contributed by atoms with van der Waals surface area (Å²) in [7, 11) is 0. The summed E-state index contributed by atoms with van der Waals surface area (Å²) in [6.07, 6.45) is 5.30. The minimum Gasteiger partial charge on any atom is -0.336 e. The maximum absolute atomic E-state index is 6.28. The minimum atomic E-state index is -0.195. The second-order valence-electron chi connectivity index (χ2n) is 3.39. The van der Waals surface area contributed by atoms with Crippen molar-refractivity contribution in [2.24, 2.45) is 0 Å². The van der Waals surface area contributed by atoms with Gasteiger partial charge in [-0.05, 0) is 17.7 Å². The van der Waals surface area contributed by atoms with Crippen LogP contribution in [0, 0.1) is 0 Å². The highest BCUT2D eigenvalue weighted by Crippen LogP contribution is 2.31. The summed E-state index contributed by atoms with van der Waals surface area (Å²) in [6.45, 7) is 0.628. The molecule has 0 saturated carbocycles. The van der Waals surface area contributed by atoms with Crippen molar-refractivity contribution in [3.8, 4) is 0 Å². The molecule has 0 N–H and O–H groups in total. The first kappa shape index (κ1) is 11.8. The SMILES string of the molecule is Clc1ccc(C(Cl)Cn2ccnc2)c(Cl)c1. The number of rotatable bonds is 3. The summed E-state index contributed by atoms with van der Waals surface area (Å²) >= 11 is 18.2. The van der Waals surface area contributed by atoms with Crippen LogP contribution < -0.4 is 0 Å². The lowest BCUT2D eigenvalue weighted by Crippen LogP contribution is -2.02. The molecule has 1 atom stereocenters. The maximum atomic E-state index is 6.28. The Balaban J connectivity index is 2.17. The summed E-state index contributed by atoms with van der Waals surface area (Å²) in [5.74, 6) is 0. The summed E-state index contributed by atoms with van der Waals surface area (Å²) in [6, 6.07) is 5.33. The van der Waals surface area contributed by atoms with Gasteiger partial charge in [0.1, 0.15) is 0 Å². The van der Waals surface area contributed by atoms with Gasteiger partial charge in [-0.15, -0.1) is 11.6 Å². The van der Waals surface area contributed by atoms with Gasteiger partial charge in [0, 0.05) is 29.0 Å². The third kappa shape index (κ3) is 2.70. The first-order chi connectivity index (χ1) is 7.66. The molecule has 0 radical (unpaired) electrons. The summed E-state index contributed by atoms with van der Waals surface area (Å²) in [4.78, 5) is 3.96. The van der Waals surface area contributed by atoms with Gasteiger partial charge in [0.15, 0.2) is 0 Å². The molecule has 16 heavy (non-hydrogen) atoms.